The zero-order valence-electron chi connectivity index (χ0n) is 16.3. The van der Waals surface area contributed by atoms with Crippen LogP contribution >= 0.6 is 27.5 Å². The SMILES string of the molecule is O=C(NCCCc1nc2ccccc2n1Cc1ccc(Br)cc1)c1cccc(Cl)c1. The molecule has 4 nitrogen and oxygen atoms in total. The molecule has 0 fully saturated rings. The van der Waals surface area contributed by atoms with E-state index in [1.165, 1.54) is 5.56 Å². The zero-order chi connectivity index (χ0) is 20.9. The lowest BCUT2D eigenvalue weighted by Crippen LogP contribution is -2.25. The first-order valence-electron chi connectivity index (χ1n) is 9.82. The van der Waals surface area contributed by atoms with E-state index in [1.54, 1.807) is 24.3 Å². The lowest BCUT2D eigenvalue weighted by atomic mass is 10.2. The van der Waals surface area contributed by atoms with Crippen molar-refractivity contribution in [2.75, 3.05) is 6.54 Å². The Hall–Kier alpha value is -2.63. The van der Waals surface area contributed by atoms with Gasteiger partial charge in [0.1, 0.15) is 5.82 Å². The number of imidazole rings is 1. The molecule has 1 aromatic heterocycles. The number of rotatable bonds is 7. The molecule has 0 aliphatic carbocycles. The van der Waals surface area contributed by atoms with Gasteiger partial charge < -0.3 is 9.88 Å². The summed E-state index contributed by atoms with van der Waals surface area (Å²) in [5, 5.41) is 3.53. The van der Waals surface area contributed by atoms with E-state index in [9.17, 15) is 4.79 Å². The van der Waals surface area contributed by atoms with Crippen LogP contribution < -0.4 is 5.32 Å². The number of halogens is 2. The van der Waals surface area contributed by atoms with Crippen molar-refractivity contribution < 1.29 is 4.79 Å². The number of benzene rings is 3. The van der Waals surface area contributed by atoms with Crippen molar-refractivity contribution in [1.29, 1.82) is 0 Å². The molecule has 0 bridgehead atoms. The fourth-order valence-electron chi connectivity index (χ4n) is 3.45. The monoisotopic (exact) mass is 481 g/mol. The zero-order valence-corrected chi connectivity index (χ0v) is 18.7. The molecule has 0 aliphatic rings. The topological polar surface area (TPSA) is 46.9 Å². The number of carbonyl (C=O) groups excluding carboxylic acids is 1. The maximum atomic E-state index is 12.3. The van der Waals surface area contributed by atoms with Crippen molar-refractivity contribution in [1.82, 2.24) is 14.9 Å². The molecule has 0 atom stereocenters. The normalized spacial score (nSPS) is 11.0. The summed E-state index contributed by atoms with van der Waals surface area (Å²) in [6, 6.07) is 23.5. The maximum Gasteiger partial charge on any atom is 0.251 e. The molecule has 0 radical (unpaired) electrons. The van der Waals surface area contributed by atoms with Crippen LogP contribution in [0.4, 0.5) is 0 Å². The Bertz CT molecular complexity index is 1170. The van der Waals surface area contributed by atoms with Gasteiger partial charge in [0, 0.05) is 34.6 Å². The predicted molar refractivity (Wildman–Crippen MR) is 125 cm³/mol. The van der Waals surface area contributed by atoms with Crippen molar-refractivity contribution in [3.05, 3.63) is 99.2 Å². The molecule has 0 aliphatic heterocycles. The molecule has 4 rings (SSSR count). The number of aryl methyl sites for hydroxylation is 1. The first-order chi connectivity index (χ1) is 14.6. The first-order valence-corrected chi connectivity index (χ1v) is 11.0. The van der Waals surface area contributed by atoms with Crippen molar-refractivity contribution in [2.45, 2.75) is 19.4 Å². The van der Waals surface area contributed by atoms with Gasteiger partial charge in [-0.2, -0.15) is 0 Å². The van der Waals surface area contributed by atoms with E-state index in [0.717, 1.165) is 40.7 Å². The highest BCUT2D eigenvalue weighted by molar-refractivity contribution is 9.10. The van der Waals surface area contributed by atoms with Gasteiger partial charge in [-0.15, -0.1) is 0 Å². The van der Waals surface area contributed by atoms with Crippen LogP contribution in [0.3, 0.4) is 0 Å². The molecule has 0 saturated carbocycles. The highest BCUT2D eigenvalue weighted by Crippen LogP contribution is 2.20. The summed E-state index contributed by atoms with van der Waals surface area (Å²) in [4.78, 5) is 17.1. The quantitative estimate of drug-likeness (QED) is 0.335. The van der Waals surface area contributed by atoms with Crippen LogP contribution in [-0.2, 0) is 13.0 Å². The Morgan fingerprint density at radius 1 is 1.03 bits per heavy atom. The minimum Gasteiger partial charge on any atom is -0.352 e. The van der Waals surface area contributed by atoms with E-state index in [2.05, 4.69) is 56.1 Å². The lowest BCUT2D eigenvalue weighted by molar-refractivity contribution is 0.0953. The van der Waals surface area contributed by atoms with Crippen LogP contribution in [0.2, 0.25) is 5.02 Å². The van der Waals surface area contributed by atoms with Crippen LogP contribution in [0, 0.1) is 0 Å². The summed E-state index contributed by atoms with van der Waals surface area (Å²) < 4.78 is 3.33. The molecule has 6 heteroatoms. The number of carbonyl (C=O) groups is 1. The number of amides is 1. The van der Waals surface area contributed by atoms with Gasteiger partial charge in [-0.25, -0.2) is 4.98 Å². The fraction of sp³-hybridized carbons (Fsp3) is 0.167. The van der Waals surface area contributed by atoms with Gasteiger partial charge in [-0.05, 0) is 54.4 Å². The average Bonchev–Trinajstić information content (AvgIpc) is 3.10. The predicted octanol–water partition coefficient (Wildman–Crippen LogP) is 5.86. The maximum absolute atomic E-state index is 12.3. The largest absolute Gasteiger partial charge is 0.352 e. The molecule has 1 heterocycles. The van der Waals surface area contributed by atoms with Crippen LogP contribution in [-0.4, -0.2) is 22.0 Å². The van der Waals surface area contributed by atoms with E-state index < -0.39 is 0 Å². The molecular formula is C24H21BrClN3O. The lowest BCUT2D eigenvalue weighted by Gasteiger charge is -2.10. The van der Waals surface area contributed by atoms with Gasteiger partial charge in [0.05, 0.1) is 11.0 Å². The molecule has 30 heavy (non-hydrogen) atoms. The number of aromatic nitrogens is 2. The molecular weight excluding hydrogens is 462 g/mol. The van der Waals surface area contributed by atoms with E-state index in [-0.39, 0.29) is 5.91 Å². The molecule has 1 N–H and O–H groups in total. The molecule has 3 aromatic carbocycles. The highest BCUT2D eigenvalue weighted by Gasteiger charge is 2.11. The molecule has 0 unspecified atom stereocenters. The standard InChI is InChI=1S/C24H21BrClN3O/c25-19-12-10-17(11-13-19)16-29-22-8-2-1-7-21(22)28-23(29)9-4-14-27-24(30)18-5-3-6-20(26)15-18/h1-3,5-8,10-13,15H,4,9,14,16H2,(H,27,30). The molecule has 1 amide bonds. The second-order valence-electron chi connectivity index (χ2n) is 7.10. The third-order valence-electron chi connectivity index (χ3n) is 4.94. The molecule has 4 aromatic rings. The van der Waals surface area contributed by atoms with Crippen molar-refractivity contribution in [3.63, 3.8) is 0 Å². The average molecular weight is 483 g/mol. The van der Waals surface area contributed by atoms with Gasteiger partial charge in [-0.3, -0.25) is 4.79 Å². The minimum atomic E-state index is -0.110. The second kappa shape index (κ2) is 9.45. The highest BCUT2D eigenvalue weighted by atomic mass is 79.9. The van der Waals surface area contributed by atoms with Crippen molar-refractivity contribution in [2.24, 2.45) is 0 Å². The summed E-state index contributed by atoms with van der Waals surface area (Å²) in [5.74, 6) is 0.914. The van der Waals surface area contributed by atoms with Crippen LogP contribution in [0.5, 0.6) is 0 Å². The second-order valence-corrected chi connectivity index (χ2v) is 8.45. The number of para-hydroxylation sites is 2. The molecule has 152 valence electrons. The number of nitrogens with one attached hydrogen (secondary N) is 1. The Morgan fingerprint density at radius 2 is 1.83 bits per heavy atom. The van der Waals surface area contributed by atoms with Crippen molar-refractivity contribution >= 4 is 44.5 Å². The minimum absolute atomic E-state index is 0.110. The summed E-state index contributed by atoms with van der Waals surface area (Å²) in [6.45, 7) is 1.34. The van der Waals surface area contributed by atoms with Gasteiger partial charge >= 0.3 is 0 Å². The number of nitrogens with zero attached hydrogens (tertiary/aromatic N) is 2. The van der Waals surface area contributed by atoms with Crippen LogP contribution in [0.15, 0.2) is 77.3 Å². The summed E-state index contributed by atoms with van der Waals surface area (Å²) >= 11 is 9.46. The third-order valence-corrected chi connectivity index (χ3v) is 5.70. The van der Waals surface area contributed by atoms with Crippen molar-refractivity contribution in [3.8, 4) is 0 Å². The fourth-order valence-corrected chi connectivity index (χ4v) is 3.90. The Kier molecular flexibility index (Phi) is 6.50. The molecule has 0 spiro atoms. The van der Waals surface area contributed by atoms with E-state index in [0.29, 0.717) is 17.1 Å². The summed E-state index contributed by atoms with van der Waals surface area (Å²) in [7, 11) is 0. The van der Waals surface area contributed by atoms with Gasteiger partial charge in [0.2, 0.25) is 0 Å². The van der Waals surface area contributed by atoms with Gasteiger partial charge in [0.25, 0.3) is 5.91 Å². The van der Waals surface area contributed by atoms with E-state index in [1.807, 2.05) is 18.2 Å². The van der Waals surface area contributed by atoms with Crippen LogP contribution in [0.1, 0.15) is 28.2 Å². The summed E-state index contributed by atoms with van der Waals surface area (Å²) in [6.07, 6.45) is 1.58. The Labute approximate surface area is 189 Å². The third kappa shape index (κ3) is 4.91. The Balaban J connectivity index is 1.44. The Morgan fingerprint density at radius 3 is 2.63 bits per heavy atom. The van der Waals surface area contributed by atoms with Crippen LogP contribution in [0.25, 0.3) is 11.0 Å². The van der Waals surface area contributed by atoms with Gasteiger partial charge in [0.15, 0.2) is 0 Å². The number of hydrogen-bond donors (Lipinski definition) is 1. The molecule has 0 saturated heterocycles. The number of hydrogen-bond acceptors (Lipinski definition) is 2. The van der Waals surface area contributed by atoms with E-state index in [4.69, 9.17) is 16.6 Å². The first kappa shape index (κ1) is 20.6. The number of fused-ring (bicyclic) bond motifs is 1. The summed E-state index contributed by atoms with van der Waals surface area (Å²) in [5.41, 5.74) is 3.91. The van der Waals surface area contributed by atoms with E-state index >= 15 is 0 Å². The smallest absolute Gasteiger partial charge is 0.251 e. The van der Waals surface area contributed by atoms with Gasteiger partial charge in [-0.1, -0.05) is 57.9 Å².